The lowest BCUT2D eigenvalue weighted by atomic mass is 10.1. The largest absolute Gasteiger partial charge is 0.319 e. The minimum absolute atomic E-state index is 0.490. The molecule has 0 spiro atoms. The lowest BCUT2D eigenvalue weighted by Gasteiger charge is -2.37. The van der Waals surface area contributed by atoms with Crippen molar-refractivity contribution < 1.29 is 0 Å². The molecule has 0 saturated carbocycles. The van der Waals surface area contributed by atoms with Crippen LogP contribution in [0.5, 0.6) is 0 Å². The lowest BCUT2D eigenvalue weighted by Crippen LogP contribution is -2.73. The third-order valence-corrected chi connectivity index (χ3v) is 3.52. The van der Waals surface area contributed by atoms with Crippen LogP contribution in [0, 0.1) is 0 Å². The summed E-state index contributed by atoms with van der Waals surface area (Å²) in [5, 5.41) is 12.4. The molecule has 1 rings (SSSR count). The molecule has 104 valence electrons. The Kier molecular flexibility index (Phi) is 7.21. The van der Waals surface area contributed by atoms with E-state index in [0.29, 0.717) is 10.2 Å². The average Bonchev–Trinajstić information content (AvgIpc) is 2.26. The van der Waals surface area contributed by atoms with Crippen molar-refractivity contribution in [1.82, 2.24) is 21.3 Å². The molecule has 7 heteroatoms. The quantitative estimate of drug-likeness (QED) is 0.204. The van der Waals surface area contributed by atoms with Crippen LogP contribution in [0.25, 0.3) is 0 Å². The first kappa shape index (κ1) is 15.9. The van der Waals surface area contributed by atoms with Gasteiger partial charge in [-0.05, 0) is 37.4 Å². The molecule has 4 nitrogen and oxygen atoms in total. The summed E-state index contributed by atoms with van der Waals surface area (Å²) in [7, 11) is 0. The molecule has 1 fully saturated rings. The van der Waals surface area contributed by atoms with Gasteiger partial charge in [0.2, 0.25) is 5.12 Å². The number of rotatable bonds is 8. The van der Waals surface area contributed by atoms with E-state index >= 15 is 0 Å². The van der Waals surface area contributed by atoms with E-state index in [-0.39, 0.29) is 0 Å². The highest BCUT2D eigenvalue weighted by molar-refractivity contribution is 7.83. The van der Waals surface area contributed by atoms with Gasteiger partial charge in [0, 0.05) is 0 Å². The highest BCUT2D eigenvalue weighted by Crippen LogP contribution is 2.07. The zero-order chi connectivity index (χ0) is 13.4. The first-order valence-corrected chi connectivity index (χ1v) is 7.71. The molecule has 0 aromatic carbocycles. The molecule has 0 aromatic rings. The number of hydrogen-bond acceptors (Lipinski definition) is 4. The van der Waals surface area contributed by atoms with Crippen LogP contribution in [0.2, 0.25) is 0 Å². The highest BCUT2D eigenvalue weighted by atomic mass is 32.1. The second kappa shape index (κ2) is 8.14. The number of thiol groups is 1. The fraction of sp³-hybridized carbons (Fsp3) is 0.818. The van der Waals surface area contributed by atoms with Crippen LogP contribution in [0.15, 0.2) is 0 Å². The summed E-state index contributed by atoms with van der Waals surface area (Å²) in [6.45, 7) is 3.10. The molecule has 0 bridgehead atoms. The molecule has 1 aliphatic heterocycles. The summed E-state index contributed by atoms with van der Waals surface area (Å²) in [6, 6.07) is 0. The van der Waals surface area contributed by atoms with Crippen LogP contribution in [0.1, 0.15) is 45.4 Å². The van der Waals surface area contributed by atoms with Crippen molar-refractivity contribution in [3.05, 3.63) is 0 Å². The van der Waals surface area contributed by atoms with Gasteiger partial charge in [-0.25, -0.2) is 0 Å². The second-order valence-electron chi connectivity index (χ2n) is 4.44. The van der Waals surface area contributed by atoms with Gasteiger partial charge < -0.3 is 16.0 Å². The van der Waals surface area contributed by atoms with Gasteiger partial charge in [0.15, 0.2) is 10.2 Å². The van der Waals surface area contributed by atoms with Gasteiger partial charge in [0.1, 0.15) is 0 Å². The first-order chi connectivity index (χ1) is 8.56. The van der Waals surface area contributed by atoms with Crippen molar-refractivity contribution in [1.29, 1.82) is 0 Å². The molecule has 4 N–H and O–H groups in total. The minimum Gasteiger partial charge on any atom is -0.319 e. The topological polar surface area (TPSA) is 48.1 Å². The summed E-state index contributed by atoms with van der Waals surface area (Å²) in [5.41, 5.74) is 0. The van der Waals surface area contributed by atoms with Crippen LogP contribution in [0.3, 0.4) is 0 Å². The number of hydrogen-bond donors (Lipinski definition) is 5. The SMILES string of the molecule is CCCCCCCCNC1(S)NC(=S)NC(=S)N1. The van der Waals surface area contributed by atoms with Crippen LogP contribution in [-0.4, -0.2) is 21.9 Å². The molecule has 0 aliphatic carbocycles. The van der Waals surface area contributed by atoms with Gasteiger partial charge in [0.05, 0.1) is 0 Å². The van der Waals surface area contributed by atoms with Gasteiger partial charge in [-0.1, -0.05) is 39.0 Å². The molecular formula is C11H22N4S3. The van der Waals surface area contributed by atoms with Crippen LogP contribution >= 0.6 is 37.1 Å². The van der Waals surface area contributed by atoms with E-state index in [4.69, 9.17) is 24.4 Å². The molecular weight excluding hydrogens is 284 g/mol. The molecule has 1 heterocycles. The van der Waals surface area contributed by atoms with E-state index in [9.17, 15) is 0 Å². The fourth-order valence-electron chi connectivity index (χ4n) is 1.79. The molecule has 0 amide bonds. The van der Waals surface area contributed by atoms with Crippen LogP contribution in [0.4, 0.5) is 0 Å². The van der Waals surface area contributed by atoms with Crippen molar-refractivity contribution in [3.8, 4) is 0 Å². The summed E-state index contributed by atoms with van der Waals surface area (Å²) >= 11 is 14.6. The predicted molar refractivity (Wildman–Crippen MR) is 87.7 cm³/mol. The zero-order valence-electron chi connectivity index (χ0n) is 10.7. The van der Waals surface area contributed by atoms with Crippen molar-refractivity contribution in [2.45, 2.75) is 50.6 Å². The molecule has 0 unspecified atom stereocenters. The van der Waals surface area contributed by atoms with Crippen molar-refractivity contribution in [3.63, 3.8) is 0 Å². The van der Waals surface area contributed by atoms with Gasteiger partial charge in [-0.2, -0.15) is 0 Å². The maximum Gasteiger partial charge on any atom is 0.215 e. The van der Waals surface area contributed by atoms with Crippen molar-refractivity contribution in [2.24, 2.45) is 0 Å². The zero-order valence-corrected chi connectivity index (χ0v) is 13.2. The molecule has 0 aromatic heterocycles. The molecule has 1 aliphatic rings. The van der Waals surface area contributed by atoms with Crippen molar-refractivity contribution in [2.75, 3.05) is 6.54 Å². The minimum atomic E-state index is -0.733. The smallest absolute Gasteiger partial charge is 0.215 e. The number of unbranched alkanes of at least 4 members (excludes halogenated alkanes) is 5. The predicted octanol–water partition coefficient (Wildman–Crippen LogP) is 1.83. The maximum atomic E-state index is 5.04. The molecule has 1 saturated heterocycles. The highest BCUT2D eigenvalue weighted by Gasteiger charge is 2.30. The van der Waals surface area contributed by atoms with Gasteiger partial charge in [-0.3, -0.25) is 5.32 Å². The van der Waals surface area contributed by atoms with E-state index in [0.717, 1.165) is 13.0 Å². The second-order valence-corrected chi connectivity index (χ2v) is 5.93. The van der Waals surface area contributed by atoms with Crippen LogP contribution < -0.4 is 21.3 Å². The normalized spacial score (nSPS) is 17.9. The van der Waals surface area contributed by atoms with E-state index in [2.05, 4.69) is 40.8 Å². The Labute approximate surface area is 125 Å². The fourth-order valence-corrected chi connectivity index (χ4v) is 2.85. The Balaban J connectivity index is 2.13. The first-order valence-electron chi connectivity index (χ1n) is 6.44. The average molecular weight is 307 g/mol. The lowest BCUT2D eigenvalue weighted by molar-refractivity contribution is 0.395. The molecule has 0 radical (unpaired) electrons. The maximum absolute atomic E-state index is 5.04. The summed E-state index contributed by atoms with van der Waals surface area (Å²) in [6.07, 6.45) is 7.62. The Bertz CT molecular complexity index is 280. The summed E-state index contributed by atoms with van der Waals surface area (Å²) < 4.78 is 0. The van der Waals surface area contributed by atoms with Crippen molar-refractivity contribution >= 4 is 47.3 Å². The third kappa shape index (κ3) is 6.17. The van der Waals surface area contributed by atoms with E-state index in [1.165, 1.54) is 32.1 Å². The van der Waals surface area contributed by atoms with E-state index in [1.807, 2.05) is 0 Å². The number of thiocarbonyl (C=S) groups is 2. The number of nitrogens with one attached hydrogen (secondary N) is 4. The summed E-state index contributed by atoms with van der Waals surface area (Å²) in [4.78, 5) is 0. The van der Waals surface area contributed by atoms with Gasteiger partial charge in [0.25, 0.3) is 0 Å². The molecule has 0 atom stereocenters. The van der Waals surface area contributed by atoms with E-state index < -0.39 is 5.12 Å². The Hall–Kier alpha value is -0.110. The standard InChI is InChI=1S/C11H22N4S3/c1-2-3-4-5-6-7-8-12-11(18)14-9(16)13-10(17)15-11/h12,18H,2-8H2,1H3,(H3,13,14,15,16,17). The Morgan fingerprint density at radius 3 is 2.22 bits per heavy atom. The van der Waals surface area contributed by atoms with Crippen LogP contribution in [-0.2, 0) is 0 Å². The monoisotopic (exact) mass is 306 g/mol. The van der Waals surface area contributed by atoms with Gasteiger partial charge in [-0.15, -0.1) is 12.6 Å². The Morgan fingerprint density at radius 2 is 1.61 bits per heavy atom. The Morgan fingerprint density at radius 1 is 1.06 bits per heavy atom. The van der Waals surface area contributed by atoms with Gasteiger partial charge >= 0.3 is 0 Å². The summed E-state index contributed by atoms with van der Waals surface area (Å²) in [5.74, 6) is 0. The molecule has 18 heavy (non-hydrogen) atoms. The third-order valence-electron chi connectivity index (χ3n) is 2.73. The van der Waals surface area contributed by atoms with E-state index in [1.54, 1.807) is 0 Å².